The normalized spacial score (nSPS) is 16.9. The molecule has 0 radical (unpaired) electrons. The molecule has 0 unspecified atom stereocenters. The maximum absolute atomic E-state index is 6.37. The van der Waals surface area contributed by atoms with Gasteiger partial charge in [0.1, 0.15) is 10.9 Å². The van der Waals surface area contributed by atoms with E-state index >= 15 is 0 Å². The van der Waals surface area contributed by atoms with Crippen molar-refractivity contribution in [1.82, 2.24) is 20.3 Å². The molecule has 2 aromatic heterocycles. The quantitative estimate of drug-likeness (QED) is 0.450. The molecule has 6 nitrogen and oxygen atoms in total. The Bertz CT molecular complexity index is 1030. The van der Waals surface area contributed by atoms with E-state index in [9.17, 15) is 0 Å². The number of benzene rings is 1. The van der Waals surface area contributed by atoms with Crippen LogP contribution in [0.3, 0.4) is 0 Å². The van der Waals surface area contributed by atoms with E-state index in [1.54, 1.807) is 12.1 Å². The maximum Gasteiger partial charge on any atom is 0.205 e. The largest absolute Gasteiger partial charge is 0.492 e. The van der Waals surface area contributed by atoms with Gasteiger partial charge >= 0.3 is 0 Å². The molecule has 30 heavy (non-hydrogen) atoms. The number of ether oxygens (including phenoxy) is 1. The van der Waals surface area contributed by atoms with E-state index < -0.39 is 0 Å². The highest BCUT2D eigenvalue weighted by atomic mass is 35.5. The number of rotatable bonds is 7. The lowest BCUT2D eigenvalue weighted by molar-refractivity contribution is 0.312. The first-order chi connectivity index (χ1) is 14.5. The van der Waals surface area contributed by atoms with E-state index in [4.69, 9.17) is 39.5 Å². The molecule has 1 aromatic carbocycles. The molecule has 4 rings (SSSR count). The number of piperidine rings is 1. The maximum atomic E-state index is 6.37. The predicted octanol–water partition coefficient (Wildman–Crippen LogP) is 5.47. The highest BCUT2D eigenvalue weighted by Gasteiger charge is 2.23. The van der Waals surface area contributed by atoms with Crippen LogP contribution >= 0.6 is 34.8 Å². The van der Waals surface area contributed by atoms with Crippen molar-refractivity contribution >= 4 is 51.9 Å². The zero-order valence-corrected chi connectivity index (χ0v) is 19.0. The van der Waals surface area contributed by atoms with E-state index in [2.05, 4.69) is 32.1 Å². The molecule has 2 N–H and O–H groups in total. The molecule has 0 saturated carbocycles. The van der Waals surface area contributed by atoms with Crippen molar-refractivity contribution in [1.29, 1.82) is 0 Å². The molecule has 3 heterocycles. The summed E-state index contributed by atoms with van der Waals surface area (Å²) in [6.45, 7) is 5.11. The van der Waals surface area contributed by atoms with Crippen LogP contribution in [0.5, 0.6) is 5.75 Å². The molecule has 1 saturated heterocycles. The van der Waals surface area contributed by atoms with Crippen molar-refractivity contribution in [2.75, 3.05) is 24.6 Å². The zero-order valence-electron chi connectivity index (χ0n) is 16.7. The Kier molecular flexibility index (Phi) is 6.88. The van der Waals surface area contributed by atoms with Crippen molar-refractivity contribution in [2.45, 2.75) is 38.8 Å². The molecule has 160 valence electrons. The number of nitrogens with one attached hydrogen (secondary N) is 2. The van der Waals surface area contributed by atoms with Crippen molar-refractivity contribution in [2.24, 2.45) is 0 Å². The first kappa shape index (κ1) is 21.5. The molecule has 9 heteroatoms. The summed E-state index contributed by atoms with van der Waals surface area (Å²) < 4.78 is 5.87. The summed E-state index contributed by atoms with van der Waals surface area (Å²) in [4.78, 5) is 14.5. The van der Waals surface area contributed by atoms with Crippen molar-refractivity contribution in [3.63, 3.8) is 0 Å². The lowest BCUT2D eigenvalue weighted by atomic mass is 10.1. The molecule has 1 aliphatic heterocycles. The summed E-state index contributed by atoms with van der Waals surface area (Å²) in [5, 5.41) is 5.24. The molecule has 0 amide bonds. The Morgan fingerprint density at radius 1 is 1.23 bits per heavy atom. The first-order valence-corrected chi connectivity index (χ1v) is 11.3. The Balaban J connectivity index is 1.44. The fraction of sp³-hybridized carbons (Fsp3) is 0.429. The van der Waals surface area contributed by atoms with Crippen LogP contribution in [0.2, 0.25) is 15.2 Å². The molecule has 3 aromatic rings. The molecular weight excluding hydrogens is 445 g/mol. The number of hydrogen-bond donors (Lipinski definition) is 2. The summed E-state index contributed by atoms with van der Waals surface area (Å²) >= 11 is 18.6. The van der Waals surface area contributed by atoms with Crippen LogP contribution in [-0.4, -0.2) is 40.7 Å². The first-order valence-electron chi connectivity index (χ1n) is 10.1. The van der Waals surface area contributed by atoms with Gasteiger partial charge in [-0.1, -0.05) is 41.7 Å². The van der Waals surface area contributed by atoms with Gasteiger partial charge in [-0.25, -0.2) is 4.98 Å². The number of fused-ring (bicyclic) bond motifs is 1. The second-order valence-electron chi connectivity index (χ2n) is 7.46. The van der Waals surface area contributed by atoms with Crippen molar-refractivity contribution < 1.29 is 4.74 Å². The average molecular weight is 469 g/mol. The Morgan fingerprint density at radius 2 is 2.10 bits per heavy atom. The zero-order chi connectivity index (χ0) is 21.1. The van der Waals surface area contributed by atoms with Crippen LogP contribution in [0.15, 0.2) is 24.3 Å². The van der Waals surface area contributed by atoms with Gasteiger partial charge in [0.05, 0.1) is 17.1 Å². The molecule has 1 atom stereocenters. The van der Waals surface area contributed by atoms with E-state index in [-0.39, 0.29) is 0 Å². The van der Waals surface area contributed by atoms with Gasteiger partial charge in [-0.05, 0) is 43.5 Å². The minimum atomic E-state index is 0.306. The monoisotopic (exact) mass is 467 g/mol. The summed E-state index contributed by atoms with van der Waals surface area (Å²) in [6, 6.07) is 7.62. The molecular formula is C21H24Cl3N5O. The SMILES string of the molecule is CCCOc1c(Cl)cc(Cl)cc1CN[C@H]1CCCN(c2nc3nc(Cl)ccc3[nH]2)C1. The fourth-order valence-corrected chi connectivity index (χ4v) is 4.44. The van der Waals surface area contributed by atoms with Crippen molar-refractivity contribution in [3.05, 3.63) is 45.0 Å². The third-order valence-corrected chi connectivity index (χ3v) is 5.85. The Labute approximate surface area is 190 Å². The summed E-state index contributed by atoms with van der Waals surface area (Å²) in [6.07, 6.45) is 3.07. The van der Waals surface area contributed by atoms with Gasteiger partial charge in [-0.2, -0.15) is 4.98 Å². The summed E-state index contributed by atoms with van der Waals surface area (Å²) in [7, 11) is 0. The Hall–Kier alpha value is -1.73. The van der Waals surface area contributed by atoms with E-state index in [1.165, 1.54) is 0 Å². The third kappa shape index (κ3) is 4.94. The van der Waals surface area contributed by atoms with E-state index in [1.807, 2.05) is 12.1 Å². The topological polar surface area (TPSA) is 66.1 Å². The van der Waals surface area contributed by atoms with Crippen LogP contribution in [0.25, 0.3) is 11.2 Å². The van der Waals surface area contributed by atoms with Gasteiger partial charge < -0.3 is 19.9 Å². The number of nitrogens with zero attached hydrogens (tertiary/aromatic N) is 3. The van der Waals surface area contributed by atoms with Gasteiger partial charge in [0.25, 0.3) is 0 Å². The van der Waals surface area contributed by atoms with Crippen LogP contribution in [-0.2, 0) is 6.54 Å². The number of H-pyrrole nitrogens is 1. The highest BCUT2D eigenvalue weighted by Crippen LogP contribution is 2.33. The van der Waals surface area contributed by atoms with Gasteiger partial charge in [0.2, 0.25) is 5.95 Å². The third-order valence-electron chi connectivity index (χ3n) is 5.14. The number of halogens is 3. The lowest BCUT2D eigenvalue weighted by Gasteiger charge is -2.33. The molecule has 1 fully saturated rings. The molecule has 1 aliphatic rings. The number of anilines is 1. The van der Waals surface area contributed by atoms with Crippen LogP contribution in [0, 0.1) is 0 Å². The number of pyridine rings is 1. The van der Waals surface area contributed by atoms with E-state index in [0.29, 0.717) is 45.8 Å². The number of aromatic nitrogens is 3. The number of imidazole rings is 1. The minimum Gasteiger partial charge on any atom is -0.492 e. The van der Waals surface area contributed by atoms with Gasteiger partial charge in [0, 0.05) is 36.3 Å². The van der Waals surface area contributed by atoms with Crippen molar-refractivity contribution in [3.8, 4) is 5.75 Å². The standard InChI is InChI=1S/C21H24Cl3N5O/c1-2-8-30-19-13(9-14(22)10-16(19)23)11-25-15-4-3-7-29(12-15)21-26-17-5-6-18(24)27-20(17)28-21/h5-6,9-10,15,25H,2-4,7-8,11-12H2,1H3,(H,26,27,28)/t15-/m0/s1. The van der Waals surface area contributed by atoms with Crippen LogP contribution in [0.4, 0.5) is 5.95 Å². The predicted molar refractivity (Wildman–Crippen MR) is 123 cm³/mol. The summed E-state index contributed by atoms with van der Waals surface area (Å²) in [5.74, 6) is 1.53. The Morgan fingerprint density at radius 3 is 2.93 bits per heavy atom. The number of aromatic amines is 1. The van der Waals surface area contributed by atoms with Gasteiger partial charge in [-0.15, -0.1) is 0 Å². The van der Waals surface area contributed by atoms with E-state index in [0.717, 1.165) is 49.4 Å². The van der Waals surface area contributed by atoms with Gasteiger partial charge in [-0.3, -0.25) is 0 Å². The molecule has 0 bridgehead atoms. The van der Waals surface area contributed by atoms with Crippen LogP contribution in [0.1, 0.15) is 31.7 Å². The smallest absolute Gasteiger partial charge is 0.205 e. The molecule has 0 aliphatic carbocycles. The minimum absolute atomic E-state index is 0.306. The number of hydrogen-bond acceptors (Lipinski definition) is 5. The second kappa shape index (κ2) is 9.60. The summed E-state index contributed by atoms with van der Waals surface area (Å²) in [5.41, 5.74) is 2.50. The average Bonchev–Trinajstić information content (AvgIpc) is 3.15. The van der Waals surface area contributed by atoms with Crippen LogP contribution < -0.4 is 15.0 Å². The lowest BCUT2D eigenvalue weighted by Crippen LogP contribution is -2.46. The second-order valence-corrected chi connectivity index (χ2v) is 8.69. The highest BCUT2D eigenvalue weighted by molar-refractivity contribution is 6.35. The fourth-order valence-electron chi connectivity index (χ4n) is 3.71. The molecule has 0 spiro atoms. The van der Waals surface area contributed by atoms with Gasteiger partial charge in [0.15, 0.2) is 5.65 Å².